The topological polar surface area (TPSA) is 61.4 Å². The van der Waals surface area contributed by atoms with E-state index < -0.39 is 0 Å². The van der Waals surface area contributed by atoms with Crippen molar-refractivity contribution in [3.63, 3.8) is 0 Å². The van der Waals surface area contributed by atoms with Crippen molar-refractivity contribution >= 4 is 11.8 Å². The molecule has 5 aliphatic rings. The number of rotatable bonds is 3. The Labute approximate surface area is 119 Å². The van der Waals surface area contributed by atoms with Gasteiger partial charge in [-0.3, -0.25) is 14.9 Å². The van der Waals surface area contributed by atoms with Gasteiger partial charge in [-0.1, -0.05) is 0 Å². The number of hydrogen-bond donors (Lipinski definition) is 2. The van der Waals surface area contributed by atoms with E-state index in [4.69, 9.17) is 0 Å². The lowest BCUT2D eigenvalue weighted by Crippen LogP contribution is -2.71. The molecule has 2 amide bonds. The van der Waals surface area contributed by atoms with Crippen molar-refractivity contribution in [1.29, 1.82) is 0 Å². The SMILES string of the molecule is O=C(CN1CCCC1=O)NC12CC3CC(CC(C3)N1)C2. The van der Waals surface area contributed by atoms with Crippen molar-refractivity contribution in [3.8, 4) is 0 Å². The molecule has 0 radical (unpaired) electrons. The van der Waals surface area contributed by atoms with Gasteiger partial charge in [0.25, 0.3) is 0 Å². The van der Waals surface area contributed by atoms with Gasteiger partial charge < -0.3 is 10.2 Å². The summed E-state index contributed by atoms with van der Waals surface area (Å²) < 4.78 is 0. The molecule has 0 spiro atoms. The first kappa shape index (κ1) is 12.6. The zero-order valence-electron chi connectivity index (χ0n) is 11.9. The van der Waals surface area contributed by atoms with Crippen LogP contribution >= 0.6 is 0 Å². The molecule has 2 unspecified atom stereocenters. The Morgan fingerprint density at radius 2 is 2.05 bits per heavy atom. The summed E-state index contributed by atoms with van der Waals surface area (Å²) in [6.45, 7) is 0.975. The number of carbonyl (C=O) groups excluding carboxylic acids is 2. The fraction of sp³-hybridized carbons (Fsp3) is 0.867. The van der Waals surface area contributed by atoms with Gasteiger partial charge in [0, 0.05) is 19.0 Å². The normalized spacial score (nSPS) is 42.3. The number of carbonyl (C=O) groups is 2. The highest BCUT2D eigenvalue weighted by Gasteiger charge is 2.51. The van der Waals surface area contributed by atoms with Gasteiger partial charge >= 0.3 is 0 Å². The second-order valence-corrected chi connectivity index (χ2v) is 7.24. The molecule has 0 aromatic heterocycles. The molecule has 2 saturated carbocycles. The summed E-state index contributed by atoms with van der Waals surface area (Å²) in [6, 6.07) is 0.593. The van der Waals surface area contributed by atoms with E-state index >= 15 is 0 Å². The molecule has 0 aromatic carbocycles. The molecular formula is C15H23N3O2. The Hall–Kier alpha value is -1.10. The van der Waals surface area contributed by atoms with Crippen molar-refractivity contribution in [2.45, 2.75) is 56.7 Å². The Kier molecular flexibility index (Phi) is 2.81. The van der Waals surface area contributed by atoms with Crippen LogP contribution in [0.1, 0.15) is 44.9 Å². The van der Waals surface area contributed by atoms with E-state index in [-0.39, 0.29) is 24.0 Å². The van der Waals surface area contributed by atoms with Gasteiger partial charge in [-0.15, -0.1) is 0 Å². The summed E-state index contributed by atoms with van der Waals surface area (Å²) >= 11 is 0. The summed E-state index contributed by atoms with van der Waals surface area (Å²) in [5.74, 6) is 1.69. The summed E-state index contributed by atoms with van der Waals surface area (Å²) in [5, 5.41) is 6.89. The average molecular weight is 277 g/mol. The molecule has 3 heterocycles. The van der Waals surface area contributed by atoms with Gasteiger partial charge in [0.05, 0.1) is 12.2 Å². The van der Waals surface area contributed by atoms with Crippen LogP contribution in [0, 0.1) is 11.8 Å². The largest absolute Gasteiger partial charge is 0.336 e. The van der Waals surface area contributed by atoms with Crippen molar-refractivity contribution < 1.29 is 9.59 Å². The highest BCUT2D eigenvalue weighted by molar-refractivity contribution is 5.86. The second-order valence-electron chi connectivity index (χ2n) is 7.24. The van der Waals surface area contributed by atoms with E-state index in [0.29, 0.717) is 12.5 Å². The fourth-order valence-corrected chi connectivity index (χ4v) is 5.08. The van der Waals surface area contributed by atoms with Crippen LogP contribution in [0.4, 0.5) is 0 Å². The summed E-state index contributed by atoms with van der Waals surface area (Å²) in [7, 11) is 0. The minimum atomic E-state index is -0.172. The van der Waals surface area contributed by atoms with Crippen LogP contribution in [0.2, 0.25) is 0 Å². The number of amides is 2. The highest BCUT2D eigenvalue weighted by atomic mass is 16.2. The summed E-state index contributed by atoms with van der Waals surface area (Å²) in [5.41, 5.74) is -0.172. The van der Waals surface area contributed by atoms with E-state index in [1.165, 1.54) is 19.3 Å². The molecule has 5 heteroatoms. The molecule has 2 atom stereocenters. The van der Waals surface area contributed by atoms with E-state index in [2.05, 4.69) is 10.6 Å². The standard InChI is InChI=1S/C15H23N3O2/c19-13(9-18-3-1-2-14(18)20)17-15-7-10-4-11(8-15)6-12(5-10)16-15/h10-12,16H,1-9H2,(H,17,19). The van der Waals surface area contributed by atoms with Crippen molar-refractivity contribution in [3.05, 3.63) is 0 Å². The maximum Gasteiger partial charge on any atom is 0.241 e. The number of likely N-dealkylation sites (tertiary alicyclic amines) is 1. The molecule has 20 heavy (non-hydrogen) atoms. The first-order valence-electron chi connectivity index (χ1n) is 7.98. The average Bonchev–Trinajstić information content (AvgIpc) is 2.72. The molecule has 5 fully saturated rings. The molecule has 4 bridgehead atoms. The van der Waals surface area contributed by atoms with Crippen molar-refractivity contribution in [1.82, 2.24) is 15.5 Å². The Bertz CT molecular complexity index is 413. The molecule has 5 nitrogen and oxygen atoms in total. The third-order valence-electron chi connectivity index (χ3n) is 5.54. The lowest BCUT2D eigenvalue weighted by Gasteiger charge is -2.57. The van der Waals surface area contributed by atoms with Gasteiger partial charge in [0.15, 0.2) is 0 Å². The molecule has 2 aliphatic carbocycles. The Balaban J connectivity index is 1.41. The third kappa shape index (κ3) is 2.12. The molecule has 5 rings (SSSR count). The monoisotopic (exact) mass is 277 g/mol. The zero-order valence-corrected chi connectivity index (χ0v) is 11.9. The number of nitrogens with one attached hydrogen (secondary N) is 2. The van der Waals surface area contributed by atoms with Crippen molar-refractivity contribution in [2.75, 3.05) is 13.1 Å². The summed E-state index contributed by atoms with van der Waals surface area (Å²) in [6.07, 6.45) is 7.53. The van der Waals surface area contributed by atoms with E-state index in [1.54, 1.807) is 4.90 Å². The van der Waals surface area contributed by atoms with Crippen LogP contribution in [-0.2, 0) is 9.59 Å². The van der Waals surface area contributed by atoms with Gasteiger partial charge in [-0.05, 0) is 50.4 Å². The van der Waals surface area contributed by atoms with Crippen molar-refractivity contribution in [2.24, 2.45) is 11.8 Å². The predicted octanol–water partition coefficient (Wildman–Crippen LogP) is 0.603. The quantitative estimate of drug-likeness (QED) is 0.794. The molecule has 2 N–H and O–H groups in total. The van der Waals surface area contributed by atoms with E-state index in [9.17, 15) is 9.59 Å². The first-order valence-corrected chi connectivity index (χ1v) is 7.98. The van der Waals surface area contributed by atoms with Gasteiger partial charge in [0.1, 0.15) is 0 Å². The van der Waals surface area contributed by atoms with Crippen LogP contribution in [0.25, 0.3) is 0 Å². The van der Waals surface area contributed by atoms with E-state index in [0.717, 1.165) is 37.6 Å². The van der Waals surface area contributed by atoms with Gasteiger partial charge in [0.2, 0.25) is 11.8 Å². The van der Waals surface area contributed by atoms with Crippen LogP contribution in [0.5, 0.6) is 0 Å². The van der Waals surface area contributed by atoms with E-state index in [1.807, 2.05) is 0 Å². The number of piperidine rings is 2. The third-order valence-corrected chi connectivity index (χ3v) is 5.54. The predicted molar refractivity (Wildman–Crippen MR) is 73.7 cm³/mol. The maximum atomic E-state index is 12.3. The zero-order chi connectivity index (χ0) is 13.7. The number of nitrogens with zero attached hydrogens (tertiary/aromatic N) is 1. The van der Waals surface area contributed by atoms with Crippen LogP contribution in [0.3, 0.4) is 0 Å². The van der Waals surface area contributed by atoms with Gasteiger partial charge in [-0.2, -0.15) is 0 Å². The smallest absolute Gasteiger partial charge is 0.241 e. The molecular weight excluding hydrogens is 254 g/mol. The van der Waals surface area contributed by atoms with Crippen LogP contribution in [0.15, 0.2) is 0 Å². The fourth-order valence-electron chi connectivity index (χ4n) is 5.08. The molecule has 0 aromatic rings. The maximum absolute atomic E-state index is 12.3. The summed E-state index contributed by atoms with van der Waals surface area (Å²) in [4.78, 5) is 25.6. The van der Waals surface area contributed by atoms with Crippen LogP contribution < -0.4 is 10.6 Å². The molecule has 3 saturated heterocycles. The lowest BCUT2D eigenvalue weighted by atomic mass is 9.62. The van der Waals surface area contributed by atoms with Crippen LogP contribution in [-0.4, -0.2) is 41.5 Å². The minimum absolute atomic E-state index is 0.00898. The molecule has 3 aliphatic heterocycles. The number of hydrogen-bond acceptors (Lipinski definition) is 3. The lowest BCUT2D eigenvalue weighted by molar-refractivity contribution is -0.135. The Morgan fingerprint density at radius 1 is 1.30 bits per heavy atom. The Morgan fingerprint density at radius 3 is 2.65 bits per heavy atom. The second kappa shape index (κ2) is 4.45. The van der Waals surface area contributed by atoms with Gasteiger partial charge in [-0.25, -0.2) is 0 Å². The first-order chi connectivity index (χ1) is 9.62. The highest BCUT2D eigenvalue weighted by Crippen LogP contribution is 2.48. The molecule has 110 valence electrons. The minimum Gasteiger partial charge on any atom is -0.336 e.